The second kappa shape index (κ2) is 5.67. The molecule has 0 spiro atoms. The lowest BCUT2D eigenvalue weighted by molar-refractivity contribution is -0.119. The zero-order chi connectivity index (χ0) is 13.8. The Bertz CT molecular complexity index is 704. The van der Waals surface area contributed by atoms with Gasteiger partial charge in [-0.15, -0.1) is 0 Å². The van der Waals surface area contributed by atoms with Crippen molar-refractivity contribution in [3.63, 3.8) is 0 Å². The van der Waals surface area contributed by atoms with E-state index in [0.29, 0.717) is 0 Å². The van der Waals surface area contributed by atoms with E-state index in [0.717, 1.165) is 10.1 Å². The van der Waals surface area contributed by atoms with Crippen LogP contribution in [0.1, 0.15) is 5.56 Å². The smallest absolute Gasteiger partial charge is 0.297 e. The lowest BCUT2D eigenvalue weighted by atomic mass is 10.1. The number of hydrogen-bond acceptors (Lipinski definition) is 3. The van der Waals surface area contributed by atoms with Crippen molar-refractivity contribution in [2.75, 3.05) is 0 Å². The van der Waals surface area contributed by atoms with E-state index in [1.807, 2.05) is 35.3 Å². The van der Waals surface area contributed by atoms with Gasteiger partial charge in [-0.2, -0.15) is 0 Å². The largest absolute Gasteiger partial charge is 0.328 e. The Morgan fingerprint density at radius 3 is 2.58 bits per heavy atom. The van der Waals surface area contributed by atoms with Gasteiger partial charge in [-0.3, -0.25) is 19.1 Å². The highest BCUT2D eigenvalue weighted by atomic mass is 35.5. The third-order valence-electron chi connectivity index (χ3n) is 2.56. The molecule has 0 aliphatic rings. The van der Waals surface area contributed by atoms with Gasteiger partial charge in [0.2, 0.25) is 0 Å². The fourth-order valence-electron chi connectivity index (χ4n) is 1.67. The number of benzene rings is 1. The van der Waals surface area contributed by atoms with Gasteiger partial charge in [0.1, 0.15) is 5.02 Å². The third kappa shape index (κ3) is 3.42. The van der Waals surface area contributed by atoms with Crippen LogP contribution in [0.2, 0.25) is 5.02 Å². The van der Waals surface area contributed by atoms with Gasteiger partial charge in [-0.1, -0.05) is 41.9 Å². The van der Waals surface area contributed by atoms with E-state index in [1.54, 1.807) is 0 Å². The summed E-state index contributed by atoms with van der Waals surface area (Å²) in [6.45, 7) is -0.121. The van der Waals surface area contributed by atoms with Gasteiger partial charge in [0.05, 0.1) is 6.54 Å². The molecule has 0 saturated heterocycles. The maximum atomic E-state index is 11.8. The van der Waals surface area contributed by atoms with Crippen LogP contribution in [0, 0.1) is 0 Å². The molecular formula is C13H11ClN2O3. The molecule has 2 rings (SSSR count). The summed E-state index contributed by atoms with van der Waals surface area (Å²) < 4.78 is 1.09. The van der Waals surface area contributed by atoms with Crippen LogP contribution in [0.5, 0.6) is 0 Å². The molecule has 1 aromatic carbocycles. The number of ketones is 1. The molecule has 0 atom stereocenters. The minimum Gasteiger partial charge on any atom is -0.297 e. The van der Waals surface area contributed by atoms with Crippen LogP contribution in [0.25, 0.3) is 0 Å². The molecule has 2 aromatic rings. The first-order valence-electron chi connectivity index (χ1n) is 5.61. The van der Waals surface area contributed by atoms with E-state index < -0.39 is 11.2 Å². The van der Waals surface area contributed by atoms with Crippen molar-refractivity contribution in [1.29, 1.82) is 0 Å². The van der Waals surface area contributed by atoms with Gasteiger partial charge in [0.25, 0.3) is 5.56 Å². The first-order valence-corrected chi connectivity index (χ1v) is 5.99. The van der Waals surface area contributed by atoms with Crippen molar-refractivity contribution >= 4 is 17.4 Å². The van der Waals surface area contributed by atoms with Crippen LogP contribution in [0.3, 0.4) is 0 Å². The van der Waals surface area contributed by atoms with Crippen LogP contribution in [0.15, 0.2) is 46.1 Å². The highest BCUT2D eigenvalue weighted by Gasteiger charge is 2.08. The number of aromatic amines is 1. The van der Waals surface area contributed by atoms with Gasteiger partial charge in [0.15, 0.2) is 5.78 Å². The number of rotatable bonds is 4. The number of hydrogen-bond donors (Lipinski definition) is 1. The SMILES string of the molecule is O=C(Cc1ccccc1)Cn1cc(Cl)c(=O)[nH]c1=O. The summed E-state index contributed by atoms with van der Waals surface area (Å²) in [6, 6.07) is 9.21. The van der Waals surface area contributed by atoms with Crippen molar-refractivity contribution in [2.45, 2.75) is 13.0 Å². The van der Waals surface area contributed by atoms with Crippen molar-refractivity contribution < 1.29 is 4.79 Å². The van der Waals surface area contributed by atoms with Gasteiger partial charge in [-0.05, 0) is 5.56 Å². The Morgan fingerprint density at radius 1 is 1.21 bits per heavy atom. The van der Waals surface area contributed by atoms with Crippen molar-refractivity contribution in [1.82, 2.24) is 9.55 Å². The summed E-state index contributed by atoms with van der Waals surface area (Å²) in [7, 11) is 0. The van der Waals surface area contributed by atoms with E-state index in [1.165, 1.54) is 6.20 Å². The lowest BCUT2D eigenvalue weighted by Gasteiger charge is -2.04. The minimum absolute atomic E-state index is 0.118. The van der Waals surface area contributed by atoms with Gasteiger partial charge >= 0.3 is 5.69 Å². The van der Waals surface area contributed by atoms with Gasteiger partial charge in [0, 0.05) is 12.6 Å². The average Bonchev–Trinajstić information content (AvgIpc) is 2.37. The van der Waals surface area contributed by atoms with Crippen LogP contribution < -0.4 is 11.2 Å². The number of Topliss-reactive ketones (excluding diaryl/α,β-unsaturated/α-hetero) is 1. The van der Waals surface area contributed by atoms with E-state index in [-0.39, 0.29) is 23.8 Å². The molecule has 19 heavy (non-hydrogen) atoms. The Morgan fingerprint density at radius 2 is 1.89 bits per heavy atom. The number of nitrogens with zero attached hydrogens (tertiary/aromatic N) is 1. The summed E-state index contributed by atoms with van der Waals surface area (Å²) in [6.07, 6.45) is 1.40. The predicted octanol–water partition coefficient (Wildman–Crippen LogP) is 1.00. The van der Waals surface area contributed by atoms with Crippen LogP contribution in [-0.4, -0.2) is 15.3 Å². The molecule has 1 heterocycles. The van der Waals surface area contributed by atoms with Crippen molar-refractivity contribution in [3.8, 4) is 0 Å². The molecular weight excluding hydrogens is 268 g/mol. The summed E-state index contributed by atoms with van der Waals surface area (Å²) in [5, 5.41) is -0.118. The Kier molecular flexibility index (Phi) is 3.97. The van der Waals surface area contributed by atoms with Crippen LogP contribution in [0.4, 0.5) is 0 Å². The Balaban J connectivity index is 2.14. The molecule has 98 valence electrons. The lowest BCUT2D eigenvalue weighted by Crippen LogP contribution is -2.32. The summed E-state index contributed by atoms with van der Waals surface area (Å²) >= 11 is 5.61. The first kappa shape index (κ1) is 13.3. The van der Waals surface area contributed by atoms with E-state index in [9.17, 15) is 14.4 Å². The third-order valence-corrected chi connectivity index (χ3v) is 2.83. The topological polar surface area (TPSA) is 71.9 Å². The van der Waals surface area contributed by atoms with Crippen LogP contribution >= 0.6 is 11.6 Å². The number of H-pyrrole nitrogens is 1. The number of aromatic nitrogens is 2. The Labute approximate surface area is 113 Å². The molecule has 0 aliphatic heterocycles. The second-order valence-electron chi connectivity index (χ2n) is 4.07. The molecule has 1 N–H and O–H groups in total. The summed E-state index contributed by atoms with van der Waals surface area (Å²) in [5.74, 6) is -0.142. The fraction of sp³-hybridized carbons (Fsp3) is 0.154. The van der Waals surface area contributed by atoms with E-state index >= 15 is 0 Å². The molecule has 0 radical (unpaired) electrons. The maximum absolute atomic E-state index is 11.8. The molecule has 6 heteroatoms. The molecule has 0 aliphatic carbocycles. The highest BCUT2D eigenvalue weighted by Crippen LogP contribution is 2.02. The molecule has 0 saturated carbocycles. The van der Waals surface area contributed by atoms with Crippen molar-refractivity contribution in [2.24, 2.45) is 0 Å². The quantitative estimate of drug-likeness (QED) is 0.907. The number of carbonyl (C=O) groups is 1. The van der Waals surface area contributed by atoms with E-state index in [2.05, 4.69) is 0 Å². The van der Waals surface area contributed by atoms with Crippen molar-refractivity contribution in [3.05, 3.63) is 68.0 Å². The predicted molar refractivity (Wildman–Crippen MR) is 71.5 cm³/mol. The van der Waals surface area contributed by atoms with E-state index in [4.69, 9.17) is 11.6 Å². The van der Waals surface area contributed by atoms with Gasteiger partial charge in [-0.25, -0.2) is 4.79 Å². The van der Waals surface area contributed by atoms with Gasteiger partial charge < -0.3 is 0 Å². The molecule has 5 nitrogen and oxygen atoms in total. The molecule has 1 aromatic heterocycles. The zero-order valence-corrected chi connectivity index (χ0v) is 10.7. The zero-order valence-electron chi connectivity index (χ0n) is 9.93. The highest BCUT2D eigenvalue weighted by molar-refractivity contribution is 6.30. The molecule has 0 bridgehead atoms. The average molecular weight is 279 g/mol. The molecule has 0 fully saturated rings. The second-order valence-corrected chi connectivity index (χ2v) is 4.47. The fourth-order valence-corrected chi connectivity index (χ4v) is 1.83. The summed E-state index contributed by atoms with van der Waals surface area (Å²) in [5.41, 5.74) is -0.426. The number of nitrogens with one attached hydrogen (secondary N) is 1. The standard InChI is InChI=1S/C13H11ClN2O3/c14-11-8-16(13(19)15-12(11)18)7-10(17)6-9-4-2-1-3-5-9/h1-5,8H,6-7H2,(H,15,18,19). The number of carbonyl (C=O) groups excluding carboxylic acids is 1. The number of halogens is 1. The first-order chi connectivity index (χ1) is 9.06. The minimum atomic E-state index is -0.654. The summed E-state index contributed by atoms with van der Waals surface area (Å²) in [4.78, 5) is 36.4. The normalized spacial score (nSPS) is 10.4. The monoisotopic (exact) mass is 278 g/mol. The molecule has 0 amide bonds. The maximum Gasteiger partial charge on any atom is 0.328 e. The van der Waals surface area contributed by atoms with Crippen LogP contribution in [-0.2, 0) is 17.8 Å². The Hall–Kier alpha value is -2.14. The molecule has 0 unspecified atom stereocenters.